The molecule has 2 aromatic carbocycles. The van der Waals surface area contributed by atoms with Crippen LogP contribution in [0.3, 0.4) is 0 Å². The highest BCUT2D eigenvalue weighted by Crippen LogP contribution is 2.65. The summed E-state index contributed by atoms with van der Waals surface area (Å²) in [5.74, 6) is 0.912. The minimum atomic E-state index is -0.349. The molecule has 2 saturated carbocycles. The molecule has 7 rings (SSSR count). The Kier molecular flexibility index (Phi) is 4.88. The predicted molar refractivity (Wildman–Crippen MR) is 125 cm³/mol. The monoisotopic (exact) mass is 501 g/mol. The van der Waals surface area contributed by atoms with E-state index in [1.807, 2.05) is 0 Å². The van der Waals surface area contributed by atoms with Crippen molar-refractivity contribution in [1.29, 1.82) is 0 Å². The molecule has 2 bridgehead atoms. The molecule has 5 nitrogen and oxygen atoms in total. The van der Waals surface area contributed by atoms with Crippen molar-refractivity contribution in [1.82, 2.24) is 0 Å². The van der Waals surface area contributed by atoms with Crippen molar-refractivity contribution < 1.29 is 19.1 Å². The Morgan fingerprint density at radius 1 is 0.879 bits per heavy atom. The summed E-state index contributed by atoms with van der Waals surface area (Å²) >= 11 is 18.0. The third kappa shape index (κ3) is 3.17. The highest BCUT2D eigenvalue weighted by atomic mass is 35.5. The van der Waals surface area contributed by atoms with Crippen LogP contribution >= 0.6 is 34.8 Å². The molecule has 0 N–H and O–H groups in total. The molecule has 33 heavy (non-hydrogen) atoms. The molecule has 0 unspecified atom stereocenters. The second-order valence-corrected chi connectivity index (χ2v) is 10.3. The molecule has 1 saturated heterocycles. The van der Waals surface area contributed by atoms with Crippen molar-refractivity contribution in [2.45, 2.75) is 6.42 Å². The van der Waals surface area contributed by atoms with Crippen LogP contribution in [0.1, 0.15) is 16.8 Å². The maximum absolute atomic E-state index is 13.2. The van der Waals surface area contributed by atoms with Gasteiger partial charge in [0, 0.05) is 5.56 Å². The van der Waals surface area contributed by atoms with Gasteiger partial charge >= 0.3 is 0 Å². The molecule has 1 heterocycles. The summed E-state index contributed by atoms with van der Waals surface area (Å²) in [6.07, 6.45) is 5.44. The average molecular weight is 503 g/mol. The number of ether oxygens (including phenoxy) is 1. The fourth-order valence-electron chi connectivity index (χ4n) is 5.87. The lowest BCUT2D eigenvalue weighted by Crippen LogP contribution is -2.40. The Labute approximate surface area is 205 Å². The maximum Gasteiger partial charge on any atom is 0.238 e. The third-order valence-electron chi connectivity index (χ3n) is 7.46. The first-order valence-electron chi connectivity index (χ1n) is 10.8. The Balaban J connectivity index is 1.16. The van der Waals surface area contributed by atoms with Gasteiger partial charge in [-0.05, 0) is 66.5 Å². The van der Waals surface area contributed by atoms with Gasteiger partial charge in [-0.3, -0.25) is 19.3 Å². The lowest BCUT2D eigenvalue weighted by molar-refractivity contribution is -0.124. The standard InChI is InChI=1S/C25H18Cl3NO4/c26-18-8-7-15(22(27)23(18)28)19(30)10-33-12-3-1-11(2-4-12)29-24(31)20-13-5-6-14(17-9-16(13)17)21(20)25(29)32/h1-8,13-14,16-17,20-21H,9-10H2/t13-,14+,16+,17-,20-,21+. The smallest absolute Gasteiger partial charge is 0.238 e. The number of rotatable bonds is 5. The van der Waals surface area contributed by atoms with Crippen LogP contribution in [-0.2, 0) is 9.59 Å². The summed E-state index contributed by atoms with van der Waals surface area (Å²) in [5, 5.41) is 0.470. The van der Waals surface area contributed by atoms with Crippen LogP contribution in [0.15, 0.2) is 48.6 Å². The van der Waals surface area contributed by atoms with Crippen LogP contribution in [0, 0.1) is 35.5 Å². The molecule has 5 aliphatic rings. The Morgan fingerprint density at radius 3 is 2.09 bits per heavy atom. The fraction of sp³-hybridized carbons (Fsp3) is 0.320. The van der Waals surface area contributed by atoms with Crippen molar-refractivity contribution >= 4 is 58.1 Å². The van der Waals surface area contributed by atoms with Crippen molar-refractivity contribution in [3.63, 3.8) is 0 Å². The second-order valence-electron chi connectivity index (χ2n) is 9.10. The molecule has 168 valence electrons. The number of ketones is 1. The van der Waals surface area contributed by atoms with Gasteiger partial charge in [0.2, 0.25) is 17.6 Å². The van der Waals surface area contributed by atoms with Crippen LogP contribution < -0.4 is 9.64 Å². The minimum absolute atomic E-state index is 0.0849. The van der Waals surface area contributed by atoms with Gasteiger partial charge in [-0.15, -0.1) is 0 Å². The summed E-state index contributed by atoms with van der Waals surface area (Å²) in [5.41, 5.74) is 0.749. The molecule has 8 heteroatoms. The number of allylic oxidation sites excluding steroid dienone is 2. The van der Waals surface area contributed by atoms with Crippen LogP contribution in [0.2, 0.25) is 15.1 Å². The van der Waals surface area contributed by atoms with E-state index in [-0.39, 0.29) is 68.5 Å². The number of hydrogen-bond donors (Lipinski definition) is 0. The highest BCUT2D eigenvalue weighted by Gasteiger charge is 2.67. The van der Waals surface area contributed by atoms with Crippen LogP contribution in [0.4, 0.5) is 5.69 Å². The predicted octanol–water partition coefficient (Wildman–Crippen LogP) is 5.47. The lowest BCUT2D eigenvalue weighted by atomic mass is 9.63. The fourth-order valence-corrected chi connectivity index (χ4v) is 6.51. The highest BCUT2D eigenvalue weighted by molar-refractivity contribution is 6.49. The number of Topliss-reactive ketones (excluding diaryl/α,β-unsaturated/α-hetero) is 1. The lowest BCUT2D eigenvalue weighted by Gasteiger charge is -2.37. The van der Waals surface area contributed by atoms with E-state index in [9.17, 15) is 14.4 Å². The number of carbonyl (C=O) groups excluding carboxylic acids is 3. The van der Waals surface area contributed by atoms with E-state index in [1.165, 1.54) is 17.0 Å². The average Bonchev–Trinajstić information content (AvgIpc) is 3.60. The molecular weight excluding hydrogens is 485 g/mol. The molecular formula is C25H18Cl3NO4. The van der Waals surface area contributed by atoms with Gasteiger partial charge in [-0.1, -0.05) is 47.0 Å². The summed E-state index contributed by atoms with van der Waals surface area (Å²) < 4.78 is 5.59. The first-order chi connectivity index (χ1) is 15.9. The van der Waals surface area contributed by atoms with Crippen molar-refractivity contribution in [2.24, 2.45) is 35.5 Å². The van der Waals surface area contributed by atoms with Gasteiger partial charge < -0.3 is 4.74 Å². The van der Waals surface area contributed by atoms with Gasteiger partial charge in [-0.25, -0.2) is 0 Å². The minimum Gasteiger partial charge on any atom is -0.485 e. The molecule has 1 aliphatic heterocycles. The number of hydrogen-bond acceptors (Lipinski definition) is 4. The Bertz CT molecular complexity index is 1200. The zero-order valence-electron chi connectivity index (χ0n) is 17.2. The number of carbonyl (C=O) groups is 3. The third-order valence-corrected chi connectivity index (χ3v) is 8.76. The Hall–Kier alpha value is -2.34. The van der Waals surface area contributed by atoms with Crippen LogP contribution in [0.5, 0.6) is 5.75 Å². The van der Waals surface area contributed by atoms with E-state index in [0.717, 1.165) is 6.42 Å². The van der Waals surface area contributed by atoms with Gasteiger partial charge in [-0.2, -0.15) is 0 Å². The quantitative estimate of drug-likeness (QED) is 0.235. The zero-order valence-corrected chi connectivity index (χ0v) is 19.5. The summed E-state index contributed by atoms with van der Waals surface area (Å²) in [4.78, 5) is 40.2. The first-order valence-corrected chi connectivity index (χ1v) is 12.0. The molecule has 4 aliphatic carbocycles. The molecule has 6 atom stereocenters. The Morgan fingerprint density at radius 2 is 1.48 bits per heavy atom. The second kappa shape index (κ2) is 7.59. The molecule has 0 spiro atoms. The molecule has 3 fully saturated rings. The van der Waals surface area contributed by atoms with Gasteiger partial charge in [0.15, 0.2) is 6.61 Å². The van der Waals surface area contributed by atoms with E-state index in [0.29, 0.717) is 23.3 Å². The number of imide groups is 1. The van der Waals surface area contributed by atoms with E-state index < -0.39 is 0 Å². The van der Waals surface area contributed by atoms with Crippen LogP contribution in [-0.4, -0.2) is 24.2 Å². The largest absolute Gasteiger partial charge is 0.485 e. The summed E-state index contributed by atoms with van der Waals surface area (Å²) in [6, 6.07) is 9.65. The van der Waals surface area contributed by atoms with Crippen molar-refractivity contribution in [3.05, 3.63) is 69.2 Å². The van der Waals surface area contributed by atoms with Gasteiger partial charge in [0.05, 0.1) is 32.6 Å². The van der Waals surface area contributed by atoms with Gasteiger partial charge in [0.25, 0.3) is 0 Å². The number of benzene rings is 2. The van der Waals surface area contributed by atoms with E-state index in [2.05, 4.69) is 12.2 Å². The number of amides is 2. The summed E-state index contributed by atoms with van der Waals surface area (Å²) in [7, 11) is 0. The molecule has 0 radical (unpaired) electrons. The van der Waals surface area contributed by atoms with E-state index in [1.54, 1.807) is 24.3 Å². The van der Waals surface area contributed by atoms with E-state index >= 15 is 0 Å². The number of halogens is 3. The topological polar surface area (TPSA) is 63.7 Å². The number of anilines is 1. The SMILES string of the molecule is O=C(COc1ccc(N2C(=O)[C@@H]3[C@@H]4C=C[C@@H]([C@H]5C[C@@H]45)[C@@H]3C2=O)cc1)c1ccc(Cl)c(Cl)c1Cl. The normalized spacial score (nSPS) is 30.9. The van der Waals surface area contributed by atoms with Crippen LogP contribution in [0.25, 0.3) is 0 Å². The molecule has 2 amide bonds. The maximum atomic E-state index is 13.2. The van der Waals surface area contributed by atoms with Crippen molar-refractivity contribution in [2.75, 3.05) is 11.5 Å². The number of nitrogens with zero attached hydrogens (tertiary/aromatic N) is 1. The van der Waals surface area contributed by atoms with Gasteiger partial charge in [0.1, 0.15) is 5.75 Å². The van der Waals surface area contributed by atoms with Crippen molar-refractivity contribution in [3.8, 4) is 5.75 Å². The molecule has 2 aromatic rings. The van der Waals surface area contributed by atoms with E-state index in [4.69, 9.17) is 39.5 Å². The summed E-state index contributed by atoms with van der Waals surface area (Å²) in [6.45, 7) is -0.249. The first kappa shape index (κ1) is 21.2. The molecule has 0 aromatic heterocycles. The zero-order chi connectivity index (χ0) is 23.0.